The Morgan fingerprint density at radius 1 is 1.03 bits per heavy atom. The number of amides is 1. The summed E-state index contributed by atoms with van der Waals surface area (Å²) in [6, 6.07) is 11.8. The quantitative estimate of drug-likeness (QED) is 0.727. The molecule has 0 aliphatic carbocycles. The fourth-order valence-corrected chi connectivity index (χ4v) is 4.21. The standard InChI is InChI=1S/C23H27ClN2O4/c1-28-19-5-3-17(4-6-19)16-25-7-2-8-26(10-9-25)22(27)15-18-13-20(24)23-21(14-18)29-11-12-30-23/h3-6,13-14H,2,7-12,15-16H2,1H3. The van der Waals surface area contributed by atoms with Crippen molar-refractivity contribution in [3.63, 3.8) is 0 Å². The Balaban J connectivity index is 1.33. The zero-order valence-corrected chi connectivity index (χ0v) is 18.0. The summed E-state index contributed by atoms with van der Waals surface area (Å²) < 4.78 is 16.4. The van der Waals surface area contributed by atoms with Crippen LogP contribution >= 0.6 is 11.6 Å². The van der Waals surface area contributed by atoms with Gasteiger partial charge in [-0.15, -0.1) is 0 Å². The number of hydrogen-bond acceptors (Lipinski definition) is 5. The number of hydrogen-bond donors (Lipinski definition) is 0. The lowest BCUT2D eigenvalue weighted by Gasteiger charge is -2.23. The Labute approximate surface area is 182 Å². The molecule has 2 aromatic rings. The van der Waals surface area contributed by atoms with Gasteiger partial charge in [-0.1, -0.05) is 23.7 Å². The number of nitrogens with zero attached hydrogens (tertiary/aromatic N) is 2. The van der Waals surface area contributed by atoms with Gasteiger partial charge in [0.05, 0.1) is 18.6 Å². The molecule has 1 fully saturated rings. The van der Waals surface area contributed by atoms with Gasteiger partial charge in [-0.05, 0) is 41.8 Å². The third kappa shape index (κ3) is 4.99. The lowest BCUT2D eigenvalue weighted by molar-refractivity contribution is -0.130. The van der Waals surface area contributed by atoms with Gasteiger partial charge >= 0.3 is 0 Å². The maximum atomic E-state index is 12.9. The van der Waals surface area contributed by atoms with E-state index in [0.717, 1.165) is 50.5 Å². The number of methoxy groups -OCH3 is 1. The van der Waals surface area contributed by atoms with Crippen molar-refractivity contribution in [3.05, 3.63) is 52.5 Å². The second-order valence-corrected chi connectivity index (χ2v) is 8.04. The normalized spacial score (nSPS) is 16.8. The van der Waals surface area contributed by atoms with E-state index >= 15 is 0 Å². The molecule has 7 heteroatoms. The van der Waals surface area contributed by atoms with Gasteiger partial charge in [-0.25, -0.2) is 0 Å². The molecule has 0 spiro atoms. The Morgan fingerprint density at radius 2 is 1.83 bits per heavy atom. The van der Waals surface area contributed by atoms with E-state index in [2.05, 4.69) is 17.0 Å². The van der Waals surface area contributed by atoms with Crippen LogP contribution in [-0.4, -0.2) is 62.2 Å². The summed E-state index contributed by atoms with van der Waals surface area (Å²) in [5.74, 6) is 2.18. The predicted octanol–water partition coefficient (Wildman–Crippen LogP) is 3.40. The lowest BCUT2D eigenvalue weighted by atomic mass is 10.1. The molecule has 1 saturated heterocycles. The van der Waals surface area contributed by atoms with Crippen LogP contribution in [0.1, 0.15) is 17.5 Å². The minimum Gasteiger partial charge on any atom is -0.497 e. The second-order valence-electron chi connectivity index (χ2n) is 7.64. The van der Waals surface area contributed by atoms with Gasteiger partial charge in [-0.3, -0.25) is 9.69 Å². The van der Waals surface area contributed by atoms with Crippen molar-refractivity contribution in [1.29, 1.82) is 0 Å². The maximum absolute atomic E-state index is 12.9. The van der Waals surface area contributed by atoms with Crippen molar-refractivity contribution >= 4 is 17.5 Å². The van der Waals surface area contributed by atoms with Gasteiger partial charge in [0.2, 0.25) is 5.91 Å². The summed E-state index contributed by atoms with van der Waals surface area (Å²) >= 11 is 6.31. The Kier molecular flexibility index (Phi) is 6.65. The van der Waals surface area contributed by atoms with Crippen molar-refractivity contribution in [2.24, 2.45) is 0 Å². The molecule has 2 heterocycles. The van der Waals surface area contributed by atoms with E-state index < -0.39 is 0 Å². The highest BCUT2D eigenvalue weighted by Gasteiger charge is 2.22. The molecule has 0 saturated carbocycles. The van der Waals surface area contributed by atoms with Gasteiger partial charge in [0.15, 0.2) is 11.5 Å². The summed E-state index contributed by atoms with van der Waals surface area (Å²) in [5, 5.41) is 0.497. The number of rotatable bonds is 5. The fourth-order valence-electron chi connectivity index (χ4n) is 3.92. The van der Waals surface area contributed by atoms with Gasteiger partial charge in [-0.2, -0.15) is 0 Å². The van der Waals surface area contributed by atoms with Crippen LogP contribution in [0.5, 0.6) is 17.2 Å². The molecule has 2 aliphatic heterocycles. The Bertz CT molecular complexity index is 888. The largest absolute Gasteiger partial charge is 0.497 e. The SMILES string of the molecule is COc1ccc(CN2CCCN(C(=O)Cc3cc(Cl)c4c(c3)OCCO4)CC2)cc1. The molecule has 6 nitrogen and oxygen atoms in total. The average molecular weight is 431 g/mol. The Hall–Kier alpha value is -2.44. The van der Waals surface area contributed by atoms with Gasteiger partial charge < -0.3 is 19.1 Å². The molecule has 0 bridgehead atoms. The molecule has 0 radical (unpaired) electrons. The van der Waals surface area contributed by atoms with E-state index in [1.165, 1.54) is 5.56 Å². The summed E-state index contributed by atoms with van der Waals surface area (Å²) in [5.41, 5.74) is 2.11. The first-order chi connectivity index (χ1) is 14.6. The number of fused-ring (bicyclic) bond motifs is 1. The molecule has 0 unspecified atom stereocenters. The van der Waals surface area contributed by atoms with Crippen molar-refractivity contribution in [2.45, 2.75) is 19.4 Å². The van der Waals surface area contributed by atoms with E-state index in [1.807, 2.05) is 23.1 Å². The van der Waals surface area contributed by atoms with Crippen LogP contribution in [0.25, 0.3) is 0 Å². The molecule has 0 aromatic heterocycles. The minimum atomic E-state index is 0.119. The maximum Gasteiger partial charge on any atom is 0.227 e. The first-order valence-corrected chi connectivity index (χ1v) is 10.7. The van der Waals surface area contributed by atoms with Crippen LogP contribution in [0.15, 0.2) is 36.4 Å². The summed E-state index contributed by atoms with van der Waals surface area (Å²) in [6.07, 6.45) is 1.28. The molecule has 4 rings (SSSR count). The predicted molar refractivity (Wildman–Crippen MR) is 116 cm³/mol. The van der Waals surface area contributed by atoms with Crippen molar-refractivity contribution in [3.8, 4) is 17.2 Å². The average Bonchev–Trinajstić information content (AvgIpc) is 3.00. The smallest absolute Gasteiger partial charge is 0.227 e. The molecular weight excluding hydrogens is 404 g/mol. The molecular formula is C23H27ClN2O4. The van der Waals surface area contributed by atoms with E-state index in [1.54, 1.807) is 13.2 Å². The number of ether oxygens (including phenoxy) is 3. The van der Waals surface area contributed by atoms with Crippen LogP contribution in [0, 0.1) is 0 Å². The van der Waals surface area contributed by atoms with Gasteiger partial charge in [0.1, 0.15) is 19.0 Å². The highest BCUT2D eigenvalue weighted by atomic mass is 35.5. The Morgan fingerprint density at radius 3 is 2.63 bits per heavy atom. The molecule has 2 aromatic carbocycles. The third-order valence-electron chi connectivity index (χ3n) is 5.52. The number of carbonyl (C=O) groups excluding carboxylic acids is 1. The number of halogens is 1. The third-order valence-corrected chi connectivity index (χ3v) is 5.80. The van der Waals surface area contributed by atoms with E-state index in [4.69, 9.17) is 25.8 Å². The monoisotopic (exact) mass is 430 g/mol. The lowest BCUT2D eigenvalue weighted by Crippen LogP contribution is -2.36. The van der Waals surface area contributed by atoms with Gasteiger partial charge in [0.25, 0.3) is 0 Å². The van der Waals surface area contributed by atoms with E-state index in [9.17, 15) is 4.79 Å². The highest BCUT2D eigenvalue weighted by Crippen LogP contribution is 2.38. The topological polar surface area (TPSA) is 51.2 Å². The van der Waals surface area contributed by atoms with E-state index in [-0.39, 0.29) is 5.91 Å². The van der Waals surface area contributed by atoms with Crippen LogP contribution in [-0.2, 0) is 17.8 Å². The molecule has 1 amide bonds. The van der Waals surface area contributed by atoms with Crippen molar-refractivity contribution in [2.75, 3.05) is 46.5 Å². The first-order valence-electron chi connectivity index (χ1n) is 10.3. The molecule has 160 valence electrons. The molecule has 0 N–H and O–H groups in total. The second kappa shape index (κ2) is 9.58. The highest BCUT2D eigenvalue weighted by molar-refractivity contribution is 6.32. The summed E-state index contributed by atoms with van der Waals surface area (Å²) in [6.45, 7) is 5.21. The van der Waals surface area contributed by atoms with Crippen LogP contribution < -0.4 is 14.2 Å². The van der Waals surface area contributed by atoms with Crippen LogP contribution in [0.2, 0.25) is 5.02 Å². The number of benzene rings is 2. The zero-order chi connectivity index (χ0) is 20.9. The van der Waals surface area contributed by atoms with Crippen molar-refractivity contribution in [1.82, 2.24) is 9.80 Å². The zero-order valence-electron chi connectivity index (χ0n) is 17.2. The van der Waals surface area contributed by atoms with E-state index in [0.29, 0.717) is 36.2 Å². The summed E-state index contributed by atoms with van der Waals surface area (Å²) in [7, 11) is 1.67. The number of carbonyl (C=O) groups is 1. The minimum absolute atomic E-state index is 0.119. The van der Waals surface area contributed by atoms with Crippen molar-refractivity contribution < 1.29 is 19.0 Å². The van der Waals surface area contributed by atoms with Gasteiger partial charge in [0, 0.05) is 32.7 Å². The molecule has 2 aliphatic rings. The van der Waals surface area contributed by atoms with Crippen LogP contribution in [0.3, 0.4) is 0 Å². The fraction of sp³-hybridized carbons (Fsp3) is 0.435. The summed E-state index contributed by atoms with van der Waals surface area (Å²) in [4.78, 5) is 17.3. The molecule has 0 atom stereocenters. The molecule has 30 heavy (non-hydrogen) atoms. The van der Waals surface area contributed by atoms with Crippen LogP contribution in [0.4, 0.5) is 0 Å². The first kappa shape index (κ1) is 20.8.